The molecule has 0 saturated heterocycles. The highest BCUT2D eigenvalue weighted by Gasteiger charge is 2.15. The minimum Gasteiger partial charge on any atom is -0.492 e. The van der Waals surface area contributed by atoms with Gasteiger partial charge in [-0.15, -0.1) is 0 Å². The number of nitrogens with one attached hydrogen (secondary N) is 2. The van der Waals surface area contributed by atoms with Crippen LogP contribution in [0, 0.1) is 5.92 Å². The monoisotopic (exact) mass is 372 g/mol. The number of thiocarbonyl (C=S) groups is 1. The molecular weight excluding hydrogens is 352 g/mol. The molecule has 0 saturated carbocycles. The topological polar surface area (TPSA) is 50.4 Å². The van der Waals surface area contributed by atoms with Gasteiger partial charge >= 0.3 is 0 Å². The average molecular weight is 373 g/mol. The molecule has 0 aliphatic rings. The lowest BCUT2D eigenvalue weighted by molar-refractivity contribution is 0.0972. The van der Waals surface area contributed by atoms with Crippen LogP contribution in [0.1, 0.15) is 37.6 Å². The van der Waals surface area contributed by atoms with Crippen LogP contribution in [0.4, 0.5) is 0 Å². The number of hydrogen-bond acceptors (Lipinski definition) is 3. The quantitative estimate of drug-likeness (QED) is 0.750. The van der Waals surface area contributed by atoms with E-state index < -0.39 is 0 Å². The van der Waals surface area contributed by atoms with Crippen molar-refractivity contribution in [1.29, 1.82) is 0 Å². The summed E-state index contributed by atoms with van der Waals surface area (Å²) in [6.45, 7) is 7.43. The molecule has 1 aromatic rings. The van der Waals surface area contributed by atoms with Crippen LogP contribution < -0.4 is 15.4 Å². The van der Waals surface area contributed by atoms with Gasteiger partial charge in [-0.05, 0) is 42.8 Å². The summed E-state index contributed by atoms with van der Waals surface area (Å²) >= 11 is 8.45. The van der Waals surface area contributed by atoms with Gasteiger partial charge in [0.05, 0.1) is 12.2 Å². The molecule has 6 heteroatoms. The summed E-state index contributed by atoms with van der Waals surface area (Å²) in [5, 5.41) is 5.96. The van der Waals surface area contributed by atoms with Gasteiger partial charge in [0.2, 0.25) is 0 Å². The molecule has 0 atom stereocenters. The summed E-state index contributed by atoms with van der Waals surface area (Å²) < 4.78 is 6.51. The second-order valence-corrected chi connectivity index (χ2v) is 6.38. The maximum absolute atomic E-state index is 12.3. The van der Waals surface area contributed by atoms with E-state index in [4.69, 9.17) is 17.0 Å². The van der Waals surface area contributed by atoms with Crippen molar-refractivity contribution in [2.24, 2.45) is 5.92 Å². The van der Waals surface area contributed by atoms with E-state index in [1.165, 1.54) is 0 Å². The third kappa shape index (κ3) is 6.44. The number of hydrogen-bond donors (Lipinski definition) is 2. The van der Waals surface area contributed by atoms with Crippen LogP contribution in [-0.4, -0.2) is 24.2 Å². The van der Waals surface area contributed by atoms with Crippen molar-refractivity contribution in [3.05, 3.63) is 28.2 Å². The lowest BCUT2D eigenvalue weighted by Crippen LogP contribution is -2.39. The molecule has 0 aliphatic heterocycles. The van der Waals surface area contributed by atoms with Crippen molar-refractivity contribution < 1.29 is 9.53 Å². The zero-order valence-corrected chi connectivity index (χ0v) is 14.9. The Morgan fingerprint density at radius 2 is 2.14 bits per heavy atom. The first kappa shape index (κ1) is 17.9. The summed E-state index contributed by atoms with van der Waals surface area (Å²) in [5.74, 6) is 0.670. The number of carbonyl (C=O) groups is 1. The maximum Gasteiger partial charge on any atom is 0.261 e. The second kappa shape index (κ2) is 9.00. The summed E-state index contributed by atoms with van der Waals surface area (Å²) in [6, 6.07) is 5.36. The average Bonchev–Trinajstić information content (AvgIpc) is 2.43. The Morgan fingerprint density at radius 3 is 2.76 bits per heavy atom. The molecular formula is C15H21BrN2O2S. The fourth-order valence-corrected chi connectivity index (χ4v) is 2.07. The first-order valence-electron chi connectivity index (χ1n) is 6.95. The molecule has 21 heavy (non-hydrogen) atoms. The molecule has 0 bridgehead atoms. The Balaban J connectivity index is 2.81. The maximum atomic E-state index is 12.3. The smallest absolute Gasteiger partial charge is 0.261 e. The van der Waals surface area contributed by atoms with Gasteiger partial charge < -0.3 is 10.1 Å². The molecule has 0 fully saturated rings. The normalized spacial score (nSPS) is 10.3. The van der Waals surface area contributed by atoms with E-state index in [2.05, 4.69) is 40.4 Å². The van der Waals surface area contributed by atoms with Crippen molar-refractivity contribution in [3.8, 4) is 5.75 Å². The molecule has 0 radical (unpaired) electrons. The molecule has 0 heterocycles. The Bertz CT molecular complexity index is 506. The summed E-state index contributed by atoms with van der Waals surface area (Å²) in [5.41, 5.74) is 0.464. The third-order valence-corrected chi connectivity index (χ3v) is 3.26. The number of ether oxygens (including phenoxy) is 1. The molecule has 1 aromatic carbocycles. The molecule has 4 nitrogen and oxygen atoms in total. The van der Waals surface area contributed by atoms with Gasteiger partial charge in [0.25, 0.3) is 5.91 Å². The molecule has 1 rings (SSSR count). The molecule has 0 spiro atoms. The minimum absolute atomic E-state index is 0.274. The highest BCUT2D eigenvalue weighted by atomic mass is 79.9. The predicted octanol–water partition coefficient (Wildman–Crippen LogP) is 3.50. The van der Waals surface area contributed by atoms with E-state index in [9.17, 15) is 4.79 Å². The fraction of sp³-hybridized carbons (Fsp3) is 0.467. The zero-order chi connectivity index (χ0) is 15.8. The van der Waals surface area contributed by atoms with Crippen molar-refractivity contribution >= 4 is 39.2 Å². The van der Waals surface area contributed by atoms with Gasteiger partial charge in [-0.25, -0.2) is 0 Å². The largest absolute Gasteiger partial charge is 0.492 e. The molecule has 1 amide bonds. The van der Waals surface area contributed by atoms with Gasteiger partial charge in [-0.2, -0.15) is 0 Å². The predicted molar refractivity (Wildman–Crippen MR) is 92.8 cm³/mol. The lowest BCUT2D eigenvalue weighted by Gasteiger charge is -2.14. The Morgan fingerprint density at radius 1 is 1.43 bits per heavy atom. The Hall–Kier alpha value is -1.14. The highest BCUT2D eigenvalue weighted by Crippen LogP contribution is 2.23. The van der Waals surface area contributed by atoms with Crippen LogP contribution >= 0.6 is 28.1 Å². The minimum atomic E-state index is -0.274. The van der Waals surface area contributed by atoms with E-state index >= 15 is 0 Å². The fourth-order valence-electron chi connectivity index (χ4n) is 1.52. The summed E-state index contributed by atoms with van der Waals surface area (Å²) in [6.07, 6.45) is 0.940. The Kier molecular flexibility index (Phi) is 7.67. The zero-order valence-electron chi connectivity index (χ0n) is 12.5. The van der Waals surface area contributed by atoms with Crippen LogP contribution in [-0.2, 0) is 0 Å². The van der Waals surface area contributed by atoms with E-state index in [0.717, 1.165) is 17.4 Å². The van der Waals surface area contributed by atoms with Crippen molar-refractivity contribution in [2.75, 3.05) is 13.2 Å². The molecule has 0 unspecified atom stereocenters. The van der Waals surface area contributed by atoms with Crippen molar-refractivity contribution in [2.45, 2.75) is 27.2 Å². The van der Waals surface area contributed by atoms with Gasteiger partial charge in [0.15, 0.2) is 5.11 Å². The van der Waals surface area contributed by atoms with Crippen LogP contribution in [0.15, 0.2) is 22.7 Å². The number of carbonyl (C=O) groups excluding carboxylic acids is 1. The van der Waals surface area contributed by atoms with E-state index in [0.29, 0.717) is 29.0 Å². The Labute approximate surface area is 139 Å². The first-order valence-corrected chi connectivity index (χ1v) is 8.15. The number of amides is 1. The summed E-state index contributed by atoms with van der Waals surface area (Å²) in [7, 11) is 0. The van der Waals surface area contributed by atoms with Crippen LogP contribution in [0.5, 0.6) is 5.75 Å². The van der Waals surface area contributed by atoms with Crippen molar-refractivity contribution in [3.63, 3.8) is 0 Å². The van der Waals surface area contributed by atoms with Gasteiger partial charge in [0.1, 0.15) is 5.75 Å². The standard InChI is InChI=1S/C15H21BrN2O2S/c1-4-7-17-15(21)18-14(19)12-8-11(16)5-6-13(12)20-9-10(2)3/h5-6,8,10H,4,7,9H2,1-3H3,(H2,17,18,19,21). The van der Waals surface area contributed by atoms with E-state index in [-0.39, 0.29) is 5.91 Å². The number of benzene rings is 1. The van der Waals surface area contributed by atoms with E-state index in [1.54, 1.807) is 12.1 Å². The SMILES string of the molecule is CCCNC(=S)NC(=O)c1cc(Br)ccc1OCC(C)C. The van der Waals surface area contributed by atoms with E-state index in [1.807, 2.05) is 13.0 Å². The second-order valence-electron chi connectivity index (χ2n) is 5.06. The van der Waals surface area contributed by atoms with Crippen LogP contribution in [0.3, 0.4) is 0 Å². The van der Waals surface area contributed by atoms with Crippen LogP contribution in [0.25, 0.3) is 0 Å². The van der Waals surface area contributed by atoms with Crippen molar-refractivity contribution in [1.82, 2.24) is 10.6 Å². The highest BCUT2D eigenvalue weighted by molar-refractivity contribution is 9.10. The molecule has 0 aromatic heterocycles. The van der Waals surface area contributed by atoms with Gasteiger partial charge in [0, 0.05) is 11.0 Å². The summed E-state index contributed by atoms with van der Waals surface area (Å²) in [4.78, 5) is 12.3. The first-order chi connectivity index (χ1) is 9.93. The number of halogens is 1. The third-order valence-electron chi connectivity index (χ3n) is 2.52. The number of rotatable bonds is 6. The van der Waals surface area contributed by atoms with Gasteiger partial charge in [-0.1, -0.05) is 36.7 Å². The molecule has 116 valence electrons. The van der Waals surface area contributed by atoms with Crippen LogP contribution in [0.2, 0.25) is 0 Å². The lowest BCUT2D eigenvalue weighted by atomic mass is 10.2. The molecule has 2 N–H and O–H groups in total. The molecule has 0 aliphatic carbocycles. The van der Waals surface area contributed by atoms with Gasteiger partial charge in [-0.3, -0.25) is 10.1 Å².